The molecule has 88 valence electrons. The smallest absolute Gasteiger partial charge is 0.339 e. The molecule has 16 heavy (non-hydrogen) atoms. The molecule has 0 bridgehead atoms. The molecule has 2 atom stereocenters. The normalized spacial score (nSPS) is 16.2. The van der Waals surface area contributed by atoms with Crippen molar-refractivity contribution in [3.63, 3.8) is 0 Å². The highest BCUT2D eigenvalue weighted by molar-refractivity contribution is 5.75. The van der Waals surface area contributed by atoms with E-state index in [1.54, 1.807) is 30.3 Å². The van der Waals surface area contributed by atoms with Gasteiger partial charge in [0, 0.05) is 5.56 Å². The average molecular weight is 227 g/mol. The van der Waals surface area contributed by atoms with Crippen LogP contribution in [0.3, 0.4) is 0 Å². The van der Waals surface area contributed by atoms with Gasteiger partial charge >= 0.3 is 5.97 Å². The van der Waals surface area contributed by atoms with E-state index in [0.29, 0.717) is 5.56 Å². The van der Waals surface area contributed by atoms with Crippen LogP contribution in [0.1, 0.15) is 12.5 Å². The van der Waals surface area contributed by atoms with Crippen LogP contribution in [-0.2, 0) is 15.3 Å². The Labute approximate surface area is 92.8 Å². The fourth-order valence-electron chi connectivity index (χ4n) is 1.17. The zero-order valence-electron chi connectivity index (χ0n) is 8.89. The van der Waals surface area contributed by atoms with Gasteiger partial charge in [0.15, 0.2) is 11.8 Å². The molecule has 1 aromatic rings. The highest BCUT2D eigenvalue weighted by Gasteiger charge is 2.29. The van der Waals surface area contributed by atoms with Crippen LogP contribution in [0.25, 0.3) is 0 Å². The van der Waals surface area contributed by atoms with Crippen molar-refractivity contribution in [1.82, 2.24) is 0 Å². The lowest BCUT2D eigenvalue weighted by atomic mass is 10.1. The van der Waals surface area contributed by atoms with Crippen molar-refractivity contribution in [3.8, 4) is 0 Å². The molecule has 0 spiro atoms. The van der Waals surface area contributed by atoms with Crippen LogP contribution in [0.5, 0.6) is 0 Å². The summed E-state index contributed by atoms with van der Waals surface area (Å²) in [4.78, 5) is 11.2. The lowest BCUT2D eigenvalue weighted by Crippen LogP contribution is -2.41. The molecule has 0 aliphatic carbocycles. The molecule has 5 heteroatoms. The summed E-state index contributed by atoms with van der Waals surface area (Å²) in [6, 6.07) is 8.61. The van der Waals surface area contributed by atoms with Gasteiger partial charge in [0.25, 0.3) is 0 Å². The first-order valence-electron chi connectivity index (χ1n) is 4.78. The van der Waals surface area contributed by atoms with Gasteiger partial charge in [-0.15, -0.1) is 0 Å². The van der Waals surface area contributed by atoms with Gasteiger partial charge in [-0.3, -0.25) is 5.73 Å². The number of carbonyl (C=O) groups is 1. The molecule has 3 N–H and O–H groups in total. The molecule has 0 radical (unpaired) electrons. The molecule has 1 rings (SSSR count). The summed E-state index contributed by atoms with van der Waals surface area (Å²) in [7, 11) is 0. The molecule has 0 fully saturated rings. The van der Waals surface area contributed by atoms with Crippen molar-refractivity contribution < 1.29 is 19.0 Å². The third-order valence-corrected chi connectivity index (χ3v) is 2.08. The van der Waals surface area contributed by atoms with Gasteiger partial charge in [-0.05, 0) is 6.92 Å². The van der Waals surface area contributed by atoms with Crippen LogP contribution in [0.2, 0.25) is 0 Å². The average Bonchev–Trinajstić information content (AvgIpc) is 2.28. The van der Waals surface area contributed by atoms with E-state index in [1.807, 2.05) is 0 Å². The van der Waals surface area contributed by atoms with Crippen molar-refractivity contribution in [3.05, 3.63) is 35.9 Å². The molecular weight excluding hydrogens is 213 g/mol. The van der Waals surface area contributed by atoms with E-state index in [9.17, 15) is 9.18 Å². The van der Waals surface area contributed by atoms with Gasteiger partial charge in [0.2, 0.25) is 0 Å². The van der Waals surface area contributed by atoms with Crippen molar-refractivity contribution in [1.29, 1.82) is 0 Å². The van der Waals surface area contributed by atoms with Crippen LogP contribution in [0.4, 0.5) is 4.39 Å². The van der Waals surface area contributed by atoms with Gasteiger partial charge in [-0.1, -0.05) is 30.3 Å². The maximum atomic E-state index is 12.0. The highest BCUT2D eigenvalue weighted by Crippen LogP contribution is 2.19. The quantitative estimate of drug-likeness (QED) is 0.586. The molecule has 0 saturated carbocycles. The molecule has 0 aromatic heterocycles. The molecule has 0 amide bonds. The predicted octanol–water partition coefficient (Wildman–Crippen LogP) is 0.692. The van der Waals surface area contributed by atoms with E-state index in [-0.39, 0.29) is 0 Å². The summed E-state index contributed by atoms with van der Waals surface area (Å²) in [5.74, 6) is -1.07. The van der Waals surface area contributed by atoms with Gasteiger partial charge in [-0.2, -0.15) is 0 Å². The number of benzene rings is 1. The molecule has 4 nitrogen and oxygen atoms in total. The monoisotopic (exact) mass is 227 g/mol. The molecule has 0 aliphatic rings. The van der Waals surface area contributed by atoms with Crippen molar-refractivity contribution in [2.45, 2.75) is 18.8 Å². The number of ether oxygens (including phenoxy) is 1. The maximum absolute atomic E-state index is 12.0. The molecule has 0 aliphatic heterocycles. The van der Waals surface area contributed by atoms with E-state index in [1.165, 1.54) is 6.92 Å². The van der Waals surface area contributed by atoms with E-state index in [4.69, 9.17) is 15.6 Å². The second-order valence-corrected chi connectivity index (χ2v) is 3.56. The third-order valence-electron chi connectivity index (χ3n) is 2.08. The maximum Gasteiger partial charge on any atom is 0.339 e. The first kappa shape index (κ1) is 12.6. The second-order valence-electron chi connectivity index (χ2n) is 3.56. The summed E-state index contributed by atoms with van der Waals surface area (Å²) in [6.07, 6.45) is -1.79. The van der Waals surface area contributed by atoms with Crippen LogP contribution >= 0.6 is 0 Å². The molecule has 0 heterocycles. The molecular formula is C11H14FNO3. The van der Waals surface area contributed by atoms with E-state index < -0.39 is 24.5 Å². The summed E-state index contributed by atoms with van der Waals surface area (Å²) in [6.45, 7) is 0.273. The number of alkyl halides is 1. The fourth-order valence-corrected chi connectivity index (χ4v) is 1.17. The Balaban J connectivity index is 2.76. The van der Waals surface area contributed by atoms with Crippen molar-refractivity contribution in [2.75, 3.05) is 6.67 Å². The fraction of sp³-hybridized carbons (Fsp3) is 0.364. The minimum atomic E-state index is -1.79. The SMILES string of the molecule is CC(N)(OC(=O)C(O)CF)c1ccccc1. The lowest BCUT2D eigenvalue weighted by molar-refractivity contribution is -0.169. The number of hydrogen-bond donors (Lipinski definition) is 2. The molecule has 2 unspecified atom stereocenters. The van der Waals surface area contributed by atoms with Gasteiger partial charge in [0.05, 0.1) is 0 Å². The zero-order chi connectivity index (χ0) is 12.2. The molecule has 1 aromatic carbocycles. The number of rotatable bonds is 4. The Morgan fingerprint density at radius 2 is 2.12 bits per heavy atom. The van der Waals surface area contributed by atoms with Crippen molar-refractivity contribution >= 4 is 5.97 Å². The Morgan fingerprint density at radius 1 is 1.56 bits per heavy atom. The Bertz CT molecular complexity index is 354. The van der Waals surface area contributed by atoms with E-state index >= 15 is 0 Å². The van der Waals surface area contributed by atoms with Gasteiger partial charge in [0.1, 0.15) is 6.67 Å². The number of carbonyl (C=O) groups excluding carboxylic acids is 1. The van der Waals surface area contributed by atoms with Crippen LogP contribution in [-0.4, -0.2) is 23.9 Å². The van der Waals surface area contributed by atoms with Gasteiger partial charge in [-0.25, -0.2) is 9.18 Å². The third kappa shape index (κ3) is 3.01. The Kier molecular flexibility index (Phi) is 3.98. The van der Waals surface area contributed by atoms with Crippen LogP contribution in [0.15, 0.2) is 30.3 Å². The topological polar surface area (TPSA) is 72.5 Å². The van der Waals surface area contributed by atoms with Crippen LogP contribution < -0.4 is 5.73 Å². The van der Waals surface area contributed by atoms with Crippen molar-refractivity contribution in [2.24, 2.45) is 5.73 Å². The number of halogens is 1. The molecule has 0 saturated heterocycles. The lowest BCUT2D eigenvalue weighted by Gasteiger charge is -2.26. The predicted molar refractivity (Wildman–Crippen MR) is 56.1 cm³/mol. The summed E-state index contributed by atoms with van der Waals surface area (Å²) >= 11 is 0. The zero-order valence-corrected chi connectivity index (χ0v) is 8.89. The second kappa shape index (κ2) is 5.05. The standard InChI is InChI=1S/C11H14FNO3/c1-11(13,8-5-3-2-4-6-8)16-10(15)9(14)7-12/h2-6,9,14H,7,13H2,1H3. The summed E-state index contributed by atoms with van der Waals surface area (Å²) in [5, 5.41) is 8.93. The van der Waals surface area contributed by atoms with Crippen LogP contribution in [0, 0.1) is 0 Å². The Morgan fingerprint density at radius 3 is 2.62 bits per heavy atom. The Hall–Kier alpha value is -1.46. The number of nitrogens with two attached hydrogens (primary N) is 1. The number of aliphatic hydroxyl groups excluding tert-OH is 1. The highest BCUT2D eigenvalue weighted by atomic mass is 19.1. The number of hydrogen-bond acceptors (Lipinski definition) is 4. The van der Waals surface area contributed by atoms with Gasteiger partial charge < -0.3 is 9.84 Å². The van der Waals surface area contributed by atoms with E-state index in [2.05, 4.69) is 0 Å². The summed E-state index contributed by atoms with van der Waals surface area (Å²) in [5.41, 5.74) is 4.94. The minimum Gasteiger partial charge on any atom is -0.438 e. The summed E-state index contributed by atoms with van der Waals surface area (Å²) < 4.78 is 16.8. The first-order valence-corrected chi connectivity index (χ1v) is 4.78. The largest absolute Gasteiger partial charge is 0.438 e. The minimum absolute atomic E-state index is 0.564. The van der Waals surface area contributed by atoms with E-state index in [0.717, 1.165) is 0 Å². The number of aliphatic hydroxyl groups is 1. The number of esters is 1. The first-order chi connectivity index (χ1) is 7.47.